The molecule has 3 rings (SSSR count). The van der Waals surface area contributed by atoms with Crippen LogP contribution in [-0.2, 0) is 23.9 Å². The molecule has 0 spiro atoms. The van der Waals surface area contributed by atoms with Gasteiger partial charge in [0.1, 0.15) is 0 Å². The lowest BCUT2D eigenvalue weighted by molar-refractivity contribution is -0.151. The van der Waals surface area contributed by atoms with Gasteiger partial charge in [-0.25, -0.2) is 4.79 Å². The van der Waals surface area contributed by atoms with Crippen LogP contribution in [0.25, 0.3) is 0 Å². The molecule has 0 bridgehead atoms. The normalized spacial score (nSPS) is 15.4. The number of nitrogens with one attached hydrogen (secondary N) is 1. The average molecular weight is 479 g/mol. The van der Waals surface area contributed by atoms with E-state index in [-0.39, 0.29) is 30.5 Å². The second-order valence-electron chi connectivity index (χ2n) is 6.96. The van der Waals surface area contributed by atoms with Gasteiger partial charge >= 0.3 is 11.9 Å². The molecule has 168 valence electrons. The minimum absolute atomic E-state index is 0.0348. The zero-order chi connectivity index (χ0) is 23.3. The highest BCUT2D eigenvalue weighted by atomic mass is 35.5. The molecule has 1 heterocycles. The SMILES string of the molecule is CCOC(=O)c1ccc(N2C[C@H](C(=O)OCC(=O)Nc3ccc(Cl)c(Cl)c3)CC2=O)cc1. The molecule has 1 N–H and O–H groups in total. The van der Waals surface area contributed by atoms with Gasteiger partial charge in [0.15, 0.2) is 6.61 Å². The van der Waals surface area contributed by atoms with Crippen LogP contribution in [-0.4, -0.2) is 43.5 Å². The van der Waals surface area contributed by atoms with Gasteiger partial charge in [-0.3, -0.25) is 14.4 Å². The van der Waals surface area contributed by atoms with Crippen LogP contribution in [0.5, 0.6) is 0 Å². The summed E-state index contributed by atoms with van der Waals surface area (Å²) in [6, 6.07) is 10.9. The number of rotatable bonds is 7. The van der Waals surface area contributed by atoms with E-state index in [1.54, 1.807) is 37.3 Å². The van der Waals surface area contributed by atoms with Crippen LogP contribution in [0.15, 0.2) is 42.5 Å². The maximum Gasteiger partial charge on any atom is 0.338 e. The Morgan fingerprint density at radius 2 is 1.78 bits per heavy atom. The van der Waals surface area contributed by atoms with Gasteiger partial charge in [-0.05, 0) is 49.4 Å². The van der Waals surface area contributed by atoms with Crippen LogP contribution in [0, 0.1) is 5.92 Å². The van der Waals surface area contributed by atoms with Gasteiger partial charge in [-0.15, -0.1) is 0 Å². The topological polar surface area (TPSA) is 102 Å². The lowest BCUT2D eigenvalue weighted by Crippen LogP contribution is -2.28. The number of halogens is 2. The highest BCUT2D eigenvalue weighted by molar-refractivity contribution is 6.42. The maximum absolute atomic E-state index is 12.4. The van der Waals surface area contributed by atoms with E-state index < -0.39 is 30.4 Å². The van der Waals surface area contributed by atoms with Crippen molar-refractivity contribution in [3.8, 4) is 0 Å². The van der Waals surface area contributed by atoms with Crippen LogP contribution in [0.4, 0.5) is 11.4 Å². The zero-order valence-electron chi connectivity index (χ0n) is 17.1. The van der Waals surface area contributed by atoms with Crippen LogP contribution in [0.1, 0.15) is 23.7 Å². The Labute approximate surface area is 194 Å². The highest BCUT2D eigenvalue weighted by Crippen LogP contribution is 2.27. The monoisotopic (exact) mass is 478 g/mol. The number of benzene rings is 2. The first-order valence-corrected chi connectivity index (χ1v) is 10.5. The standard InChI is InChI=1S/C22H20Cl2N2O6/c1-2-31-21(29)13-3-6-16(7-4-13)26-11-14(9-20(26)28)22(30)32-12-19(27)25-15-5-8-17(23)18(24)10-15/h3-8,10,14H,2,9,11-12H2,1H3,(H,25,27)/t14-/m1/s1. The fourth-order valence-electron chi connectivity index (χ4n) is 3.13. The van der Waals surface area contributed by atoms with Gasteiger partial charge in [0.2, 0.25) is 5.91 Å². The first kappa shape index (κ1) is 23.6. The van der Waals surface area contributed by atoms with Crippen molar-refractivity contribution in [2.75, 3.05) is 30.0 Å². The van der Waals surface area contributed by atoms with E-state index in [1.165, 1.54) is 17.0 Å². The first-order valence-electron chi connectivity index (χ1n) is 9.77. The summed E-state index contributed by atoms with van der Waals surface area (Å²) in [6.07, 6.45) is -0.0348. The van der Waals surface area contributed by atoms with Gasteiger partial charge in [-0.2, -0.15) is 0 Å². The highest BCUT2D eigenvalue weighted by Gasteiger charge is 2.36. The maximum atomic E-state index is 12.4. The van der Waals surface area contributed by atoms with Crippen LogP contribution >= 0.6 is 23.2 Å². The Balaban J connectivity index is 1.52. The van der Waals surface area contributed by atoms with Crippen molar-refractivity contribution in [1.82, 2.24) is 0 Å². The van der Waals surface area contributed by atoms with Gasteiger partial charge < -0.3 is 19.7 Å². The van der Waals surface area contributed by atoms with Gasteiger partial charge in [0, 0.05) is 24.3 Å². The predicted octanol–water partition coefficient (Wildman–Crippen LogP) is 3.70. The molecule has 1 atom stereocenters. The second kappa shape index (κ2) is 10.5. The minimum Gasteiger partial charge on any atom is -0.462 e. The number of carbonyl (C=O) groups excluding carboxylic acids is 4. The number of ether oxygens (including phenoxy) is 2. The molecular weight excluding hydrogens is 459 g/mol. The minimum atomic E-state index is -0.704. The molecule has 2 aromatic carbocycles. The molecule has 2 aromatic rings. The van der Waals surface area contributed by atoms with Gasteiger partial charge in [0.25, 0.3) is 5.91 Å². The quantitative estimate of drug-likeness (QED) is 0.608. The number of carbonyl (C=O) groups is 4. The Kier molecular flexibility index (Phi) is 7.71. The smallest absolute Gasteiger partial charge is 0.338 e. The van der Waals surface area contributed by atoms with Crippen molar-refractivity contribution < 1.29 is 28.7 Å². The van der Waals surface area contributed by atoms with Crippen LogP contribution < -0.4 is 10.2 Å². The van der Waals surface area contributed by atoms with Gasteiger partial charge in [-0.1, -0.05) is 23.2 Å². The van der Waals surface area contributed by atoms with Crippen LogP contribution in [0.3, 0.4) is 0 Å². The molecule has 8 nitrogen and oxygen atoms in total. The first-order chi connectivity index (χ1) is 15.3. The zero-order valence-corrected chi connectivity index (χ0v) is 18.6. The van der Waals surface area contributed by atoms with E-state index in [9.17, 15) is 19.2 Å². The molecule has 10 heteroatoms. The van der Waals surface area contributed by atoms with E-state index in [4.69, 9.17) is 32.7 Å². The third-order valence-electron chi connectivity index (χ3n) is 4.70. The van der Waals surface area contributed by atoms with Crippen molar-refractivity contribution in [1.29, 1.82) is 0 Å². The summed E-state index contributed by atoms with van der Waals surface area (Å²) in [7, 11) is 0. The summed E-state index contributed by atoms with van der Waals surface area (Å²) in [5.74, 6) is -2.60. The Morgan fingerprint density at radius 1 is 1.06 bits per heavy atom. The van der Waals surface area contributed by atoms with Crippen molar-refractivity contribution in [2.45, 2.75) is 13.3 Å². The van der Waals surface area contributed by atoms with E-state index >= 15 is 0 Å². The number of nitrogens with zero attached hydrogens (tertiary/aromatic N) is 1. The van der Waals surface area contributed by atoms with E-state index in [0.717, 1.165) is 0 Å². The summed E-state index contributed by atoms with van der Waals surface area (Å²) in [5, 5.41) is 3.18. The molecule has 0 aliphatic carbocycles. The Hall–Kier alpha value is -3.10. The number of hydrogen-bond acceptors (Lipinski definition) is 6. The molecule has 1 fully saturated rings. The fourth-order valence-corrected chi connectivity index (χ4v) is 3.43. The molecule has 0 saturated carbocycles. The molecule has 0 radical (unpaired) electrons. The average Bonchev–Trinajstić information content (AvgIpc) is 3.16. The molecular formula is C22H20Cl2N2O6. The lowest BCUT2D eigenvalue weighted by Gasteiger charge is -2.17. The molecule has 1 saturated heterocycles. The Bertz CT molecular complexity index is 1040. The molecule has 32 heavy (non-hydrogen) atoms. The molecule has 1 aliphatic rings. The summed E-state index contributed by atoms with van der Waals surface area (Å²) >= 11 is 11.7. The third-order valence-corrected chi connectivity index (χ3v) is 5.44. The molecule has 0 unspecified atom stereocenters. The summed E-state index contributed by atoms with van der Waals surface area (Å²) in [4.78, 5) is 50.0. The molecule has 0 aromatic heterocycles. The molecule has 2 amide bonds. The molecule has 1 aliphatic heterocycles. The largest absolute Gasteiger partial charge is 0.462 e. The predicted molar refractivity (Wildman–Crippen MR) is 119 cm³/mol. The second-order valence-corrected chi connectivity index (χ2v) is 7.77. The van der Waals surface area contributed by atoms with E-state index in [0.29, 0.717) is 22.0 Å². The number of hydrogen-bond donors (Lipinski definition) is 1. The van der Waals surface area contributed by atoms with E-state index in [1.807, 2.05) is 0 Å². The lowest BCUT2D eigenvalue weighted by atomic mass is 10.1. The van der Waals surface area contributed by atoms with Gasteiger partial charge in [0.05, 0.1) is 28.1 Å². The summed E-state index contributed by atoms with van der Waals surface area (Å²) in [5.41, 5.74) is 1.33. The number of anilines is 2. The number of amides is 2. The van der Waals surface area contributed by atoms with Crippen molar-refractivity contribution in [2.24, 2.45) is 5.92 Å². The summed E-state index contributed by atoms with van der Waals surface area (Å²) in [6.45, 7) is 1.59. The Morgan fingerprint density at radius 3 is 2.44 bits per heavy atom. The van der Waals surface area contributed by atoms with Crippen molar-refractivity contribution in [3.05, 3.63) is 58.1 Å². The van der Waals surface area contributed by atoms with Crippen molar-refractivity contribution in [3.63, 3.8) is 0 Å². The van der Waals surface area contributed by atoms with Crippen molar-refractivity contribution >= 4 is 58.3 Å². The fraction of sp³-hybridized carbons (Fsp3) is 0.273. The van der Waals surface area contributed by atoms with Crippen LogP contribution in [0.2, 0.25) is 10.0 Å². The third kappa shape index (κ3) is 5.77. The summed E-state index contributed by atoms with van der Waals surface area (Å²) < 4.78 is 10.0. The van der Waals surface area contributed by atoms with E-state index in [2.05, 4.69) is 5.32 Å². The number of esters is 2.